The fourth-order valence-corrected chi connectivity index (χ4v) is 3.09. The Balaban J connectivity index is 2.30. The standard InChI is InChI=1S/C23H29FN2O3/c1-3-7-22(27)26(17-19-10-12-20(24)13-11-19)21(23(28)25-14-15-29-2)16-18-8-5-4-6-9-18/h4-6,8-13,21H,3,7,14-17H2,1-2H3,(H,25,28)/t21-/m1/s1. The molecule has 0 unspecified atom stereocenters. The van der Waals surface area contributed by atoms with E-state index in [-0.39, 0.29) is 24.2 Å². The Bertz CT molecular complexity index is 765. The predicted molar refractivity (Wildman–Crippen MR) is 111 cm³/mol. The fourth-order valence-electron chi connectivity index (χ4n) is 3.09. The second-order valence-electron chi connectivity index (χ2n) is 6.89. The number of hydrogen-bond donors (Lipinski definition) is 1. The number of methoxy groups -OCH3 is 1. The summed E-state index contributed by atoms with van der Waals surface area (Å²) in [5.74, 6) is -0.657. The minimum atomic E-state index is -0.668. The molecule has 156 valence electrons. The second-order valence-corrected chi connectivity index (χ2v) is 6.89. The minimum absolute atomic E-state index is 0.0975. The molecular weight excluding hydrogens is 371 g/mol. The molecule has 1 atom stereocenters. The van der Waals surface area contributed by atoms with Crippen molar-refractivity contribution < 1.29 is 18.7 Å². The monoisotopic (exact) mass is 400 g/mol. The summed E-state index contributed by atoms with van der Waals surface area (Å²) >= 11 is 0. The van der Waals surface area contributed by atoms with Crippen molar-refractivity contribution in [1.29, 1.82) is 0 Å². The lowest BCUT2D eigenvalue weighted by Crippen LogP contribution is -2.51. The van der Waals surface area contributed by atoms with Crippen molar-refractivity contribution in [3.05, 3.63) is 71.5 Å². The van der Waals surface area contributed by atoms with Gasteiger partial charge in [-0.25, -0.2) is 4.39 Å². The summed E-state index contributed by atoms with van der Waals surface area (Å²) in [7, 11) is 1.57. The summed E-state index contributed by atoms with van der Waals surface area (Å²) in [6, 6.07) is 15.0. The second kappa shape index (κ2) is 12.0. The molecule has 2 aromatic rings. The number of ether oxygens (including phenoxy) is 1. The maximum absolute atomic E-state index is 13.3. The first-order valence-corrected chi connectivity index (χ1v) is 9.89. The van der Waals surface area contributed by atoms with Crippen LogP contribution in [0.3, 0.4) is 0 Å². The number of rotatable bonds is 11. The normalized spacial score (nSPS) is 11.7. The molecule has 0 heterocycles. The highest BCUT2D eigenvalue weighted by molar-refractivity contribution is 5.88. The van der Waals surface area contributed by atoms with Crippen molar-refractivity contribution in [3.8, 4) is 0 Å². The number of halogens is 1. The van der Waals surface area contributed by atoms with Crippen LogP contribution >= 0.6 is 0 Å². The third-order valence-electron chi connectivity index (χ3n) is 4.61. The highest BCUT2D eigenvalue weighted by Gasteiger charge is 2.29. The van der Waals surface area contributed by atoms with Crippen LogP contribution in [0.15, 0.2) is 54.6 Å². The van der Waals surface area contributed by atoms with E-state index in [9.17, 15) is 14.0 Å². The van der Waals surface area contributed by atoms with Gasteiger partial charge in [-0.1, -0.05) is 49.4 Å². The predicted octanol–water partition coefficient (Wildman–Crippen LogP) is 3.33. The molecule has 0 aliphatic rings. The molecule has 6 heteroatoms. The lowest BCUT2D eigenvalue weighted by atomic mass is 10.0. The van der Waals surface area contributed by atoms with Crippen molar-refractivity contribution >= 4 is 11.8 Å². The van der Waals surface area contributed by atoms with Crippen LogP contribution in [0.1, 0.15) is 30.9 Å². The number of benzene rings is 2. The van der Waals surface area contributed by atoms with E-state index in [4.69, 9.17) is 4.74 Å². The van der Waals surface area contributed by atoms with E-state index in [1.54, 1.807) is 24.1 Å². The van der Waals surface area contributed by atoms with Crippen LogP contribution in [0.25, 0.3) is 0 Å². The van der Waals surface area contributed by atoms with Crippen LogP contribution in [0.2, 0.25) is 0 Å². The molecule has 0 saturated heterocycles. The van der Waals surface area contributed by atoms with Gasteiger partial charge in [-0.3, -0.25) is 9.59 Å². The average molecular weight is 400 g/mol. The Kier molecular flexibility index (Phi) is 9.31. The molecule has 29 heavy (non-hydrogen) atoms. The average Bonchev–Trinajstić information content (AvgIpc) is 2.73. The molecule has 0 aromatic heterocycles. The molecule has 0 saturated carbocycles. The van der Waals surface area contributed by atoms with Gasteiger partial charge >= 0.3 is 0 Å². The number of carbonyl (C=O) groups excluding carboxylic acids is 2. The van der Waals surface area contributed by atoms with E-state index in [1.165, 1.54) is 12.1 Å². The summed E-state index contributed by atoms with van der Waals surface area (Å²) in [5.41, 5.74) is 1.74. The maximum Gasteiger partial charge on any atom is 0.243 e. The molecule has 0 aliphatic carbocycles. The Labute approximate surface area is 171 Å². The summed E-state index contributed by atoms with van der Waals surface area (Å²) in [4.78, 5) is 27.5. The first kappa shape index (κ1) is 22.6. The zero-order chi connectivity index (χ0) is 21.1. The zero-order valence-corrected chi connectivity index (χ0v) is 17.1. The summed E-state index contributed by atoms with van der Waals surface area (Å²) in [6.45, 7) is 2.94. The first-order chi connectivity index (χ1) is 14.0. The highest BCUT2D eigenvalue weighted by Crippen LogP contribution is 2.16. The van der Waals surface area contributed by atoms with Crippen LogP contribution in [-0.4, -0.2) is 43.0 Å². The third-order valence-corrected chi connectivity index (χ3v) is 4.61. The van der Waals surface area contributed by atoms with Crippen molar-refractivity contribution in [1.82, 2.24) is 10.2 Å². The summed E-state index contributed by atoms with van der Waals surface area (Å²) in [5, 5.41) is 2.86. The summed E-state index contributed by atoms with van der Waals surface area (Å²) < 4.78 is 18.3. The van der Waals surface area contributed by atoms with Gasteiger partial charge in [-0.05, 0) is 29.7 Å². The minimum Gasteiger partial charge on any atom is -0.383 e. The van der Waals surface area contributed by atoms with E-state index in [0.29, 0.717) is 32.4 Å². The molecular formula is C23H29FN2O3. The molecule has 0 radical (unpaired) electrons. The van der Waals surface area contributed by atoms with Gasteiger partial charge in [0.2, 0.25) is 11.8 Å². The van der Waals surface area contributed by atoms with Gasteiger partial charge in [0, 0.05) is 33.0 Å². The number of carbonyl (C=O) groups is 2. The molecule has 5 nitrogen and oxygen atoms in total. The fraction of sp³-hybridized carbons (Fsp3) is 0.391. The van der Waals surface area contributed by atoms with Crippen LogP contribution < -0.4 is 5.32 Å². The zero-order valence-electron chi connectivity index (χ0n) is 17.1. The van der Waals surface area contributed by atoms with Crippen LogP contribution in [0.4, 0.5) is 4.39 Å². The first-order valence-electron chi connectivity index (χ1n) is 9.89. The van der Waals surface area contributed by atoms with Crippen molar-refractivity contribution in [2.45, 2.75) is 38.8 Å². The number of nitrogens with one attached hydrogen (secondary N) is 1. The lowest BCUT2D eigenvalue weighted by molar-refractivity contribution is -0.141. The van der Waals surface area contributed by atoms with Crippen LogP contribution in [0, 0.1) is 5.82 Å². The quantitative estimate of drug-likeness (QED) is 0.589. The van der Waals surface area contributed by atoms with E-state index < -0.39 is 6.04 Å². The number of amides is 2. The van der Waals surface area contributed by atoms with E-state index in [1.807, 2.05) is 37.3 Å². The Hall–Kier alpha value is -2.73. The molecule has 2 aromatic carbocycles. The van der Waals surface area contributed by atoms with Gasteiger partial charge < -0.3 is 15.0 Å². The highest BCUT2D eigenvalue weighted by atomic mass is 19.1. The Morgan fingerprint density at radius 1 is 1.07 bits per heavy atom. The SMILES string of the molecule is CCCC(=O)N(Cc1ccc(F)cc1)[C@H](Cc1ccccc1)C(=O)NCCOC. The molecule has 0 aliphatic heterocycles. The topological polar surface area (TPSA) is 58.6 Å². The molecule has 0 bridgehead atoms. The van der Waals surface area contributed by atoms with Gasteiger partial charge in [0.05, 0.1) is 6.61 Å². The Morgan fingerprint density at radius 2 is 1.76 bits per heavy atom. The number of hydrogen-bond acceptors (Lipinski definition) is 3. The van der Waals surface area contributed by atoms with Gasteiger partial charge in [0.1, 0.15) is 11.9 Å². The Morgan fingerprint density at radius 3 is 2.38 bits per heavy atom. The van der Waals surface area contributed by atoms with Crippen LogP contribution in [0.5, 0.6) is 0 Å². The maximum atomic E-state index is 13.3. The molecule has 1 N–H and O–H groups in total. The lowest BCUT2D eigenvalue weighted by Gasteiger charge is -2.31. The van der Waals surface area contributed by atoms with Crippen molar-refractivity contribution in [2.24, 2.45) is 0 Å². The molecule has 2 rings (SSSR count). The number of nitrogens with zero attached hydrogens (tertiary/aromatic N) is 1. The largest absolute Gasteiger partial charge is 0.383 e. The molecule has 0 fully saturated rings. The van der Waals surface area contributed by atoms with E-state index in [0.717, 1.165) is 11.1 Å². The molecule has 0 spiro atoms. The summed E-state index contributed by atoms with van der Waals surface area (Å²) in [6.07, 6.45) is 1.43. The van der Waals surface area contributed by atoms with Crippen LogP contribution in [-0.2, 0) is 27.3 Å². The third kappa shape index (κ3) is 7.31. The van der Waals surface area contributed by atoms with Gasteiger partial charge in [-0.2, -0.15) is 0 Å². The van der Waals surface area contributed by atoms with E-state index in [2.05, 4.69) is 5.32 Å². The van der Waals surface area contributed by atoms with Gasteiger partial charge in [-0.15, -0.1) is 0 Å². The van der Waals surface area contributed by atoms with Gasteiger partial charge in [0.25, 0.3) is 0 Å². The van der Waals surface area contributed by atoms with Crippen molar-refractivity contribution in [2.75, 3.05) is 20.3 Å². The van der Waals surface area contributed by atoms with Crippen molar-refractivity contribution in [3.63, 3.8) is 0 Å². The molecule has 2 amide bonds. The van der Waals surface area contributed by atoms with Gasteiger partial charge in [0.15, 0.2) is 0 Å². The van der Waals surface area contributed by atoms with E-state index >= 15 is 0 Å². The smallest absolute Gasteiger partial charge is 0.243 e.